The summed E-state index contributed by atoms with van der Waals surface area (Å²) in [5, 5.41) is 11.0. The Morgan fingerprint density at radius 3 is 2.57 bits per heavy atom. The van der Waals surface area contributed by atoms with Gasteiger partial charge in [0.1, 0.15) is 17.1 Å². The van der Waals surface area contributed by atoms with Crippen molar-refractivity contribution in [3.8, 4) is 11.5 Å². The Bertz CT molecular complexity index is 1050. The summed E-state index contributed by atoms with van der Waals surface area (Å²) >= 11 is 0. The first kappa shape index (κ1) is 15.4. The molecule has 7 heteroatoms. The molecule has 0 amide bonds. The fourth-order valence-electron chi connectivity index (χ4n) is 2.39. The Kier molecular flexibility index (Phi) is 3.73. The van der Waals surface area contributed by atoms with Gasteiger partial charge in [0.15, 0.2) is 0 Å². The second kappa shape index (κ2) is 5.58. The number of fused-ring (bicyclic) bond motifs is 3. The quantitative estimate of drug-likeness (QED) is 0.448. The third kappa shape index (κ3) is 3.00. The summed E-state index contributed by atoms with van der Waals surface area (Å²) in [5.74, 6) is -0.0339. The normalized spacial score (nSPS) is 11.9. The van der Waals surface area contributed by atoms with Gasteiger partial charge in [0.05, 0.1) is 11.1 Å². The highest BCUT2D eigenvalue weighted by molar-refractivity contribution is 7.87. The number of rotatable bonds is 4. The molecular formula is C16H14O6S. The lowest BCUT2D eigenvalue weighted by Crippen LogP contribution is -2.13. The van der Waals surface area contributed by atoms with Crippen LogP contribution in [0.3, 0.4) is 0 Å². The standard InChI is InChI=1S/C16H14O6S/c1-2-7-23(19,20)22-11-4-6-13-12-5-3-10(17)8-14(12)16(18)21-15(13)9-11/h3-6,8-9,17H,2,7H2,1H3. The minimum absolute atomic E-state index is 0.0326. The number of aromatic hydroxyl groups is 1. The number of hydrogen-bond acceptors (Lipinski definition) is 6. The molecule has 0 saturated carbocycles. The summed E-state index contributed by atoms with van der Waals surface area (Å²) < 4.78 is 33.6. The van der Waals surface area contributed by atoms with Crippen molar-refractivity contribution in [1.82, 2.24) is 0 Å². The van der Waals surface area contributed by atoms with Crippen LogP contribution in [0.15, 0.2) is 45.6 Å². The summed E-state index contributed by atoms with van der Waals surface area (Å²) in [7, 11) is -3.66. The highest BCUT2D eigenvalue weighted by atomic mass is 32.2. The topological polar surface area (TPSA) is 93.8 Å². The molecule has 1 aromatic heterocycles. The Morgan fingerprint density at radius 1 is 1.09 bits per heavy atom. The summed E-state index contributed by atoms with van der Waals surface area (Å²) in [6.07, 6.45) is 0.444. The van der Waals surface area contributed by atoms with Crippen molar-refractivity contribution in [3.63, 3.8) is 0 Å². The lowest BCUT2D eigenvalue weighted by atomic mass is 10.1. The molecule has 3 aromatic rings. The van der Waals surface area contributed by atoms with Crippen LogP contribution < -0.4 is 9.81 Å². The Hall–Kier alpha value is -2.54. The van der Waals surface area contributed by atoms with Crippen molar-refractivity contribution in [2.24, 2.45) is 0 Å². The number of benzene rings is 2. The Labute approximate surface area is 132 Å². The predicted octanol–water partition coefficient (Wildman–Crippen LogP) is 2.77. The largest absolute Gasteiger partial charge is 0.508 e. The van der Waals surface area contributed by atoms with Crippen LogP contribution in [0.4, 0.5) is 0 Å². The lowest BCUT2D eigenvalue weighted by Gasteiger charge is -2.07. The molecule has 0 aliphatic heterocycles. The highest BCUT2D eigenvalue weighted by Gasteiger charge is 2.14. The summed E-state index contributed by atoms with van der Waals surface area (Å²) in [4.78, 5) is 12.0. The van der Waals surface area contributed by atoms with E-state index in [2.05, 4.69) is 0 Å². The van der Waals surface area contributed by atoms with Crippen LogP contribution in [0.1, 0.15) is 13.3 Å². The SMILES string of the molecule is CCCS(=O)(=O)Oc1ccc2c(c1)oc(=O)c1cc(O)ccc12. The molecule has 0 aliphatic carbocycles. The van der Waals surface area contributed by atoms with Gasteiger partial charge < -0.3 is 13.7 Å². The molecule has 6 nitrogen and oxygen atoms in total. The van der Waals surface area contributed by atoms with Gasteiger partial charge in [0.2, 0.25) is 0 Å². The molecule has 3 rings (SSSR count). The maximum atomic E-state index is 12.0. The van der Waals surface area contributed by atoms with Crippen molar-refractivity contribution in [3.05, 3.63) is 46.8 Å². The van der Waals surface area contributed by atoms with Crippen molar-refractivity contribution in [2.75, 3.05) is 5.75 Å². The molecule has 1 heterocycles. The van der Waals surface area contributed by atoms with E-state index in [1.807, 2.05) is 0 Å². The third-order valence-electron chi connectivity index (χ3n) is 3.35. The zero-order chi connectivity index (χ0) is 16.6. The van der Waals surface area contributed by atoms with Gasteiger partial charge in [-0.3, -0.25) is 0 Å². The molecule has 0 fully saturated rings. The van der Waals surface area contributed by atoms with Gasteiger partial charge in [-0.1, -0.05) is 6.92 Å². The van der Waals surface area contributed by atoms with Crippen molar-refractivity contribution in [1.29, 1.82) is 0 Å². The van der Waals surface area contributed by atoms with Crippen LogP contribution in [-0.4, -0.2) is 19.3 Å². The van der Waals surface area contributed by atoms with Gasteiger partial charge in [-0.25, -0.2) is 4.79 Å². The zero-order valence-corrected chi connectivity index (χ0v) is 13.1. The van der Waals surface area contributed by atoms with Gasteiger partial charge in [-0.2, -0.15) is 8.42 Å². The van der Waals surface area contributed by atoms with Crippen molar-refractivity contribution < 1.29 is 22.1 Å². The number of hydrogen-bond donors (Lipinski definition) is 1. The Morgan fingerprint density at radius 2 is 1.83 bits per heavy atom. The van der Waals surface area contributed by atoms with E-state index in [1.54, 1.807) is 19.1 Å². The number of phenols is 1. The van der Waals surface area contributed by atoms with Gasteiger partial charge in [-0.05, 0) is 36.8 Å². The molecule has 0 spiro atoms. The minimum atomic E-state index is -3.66. The predicted molar refractivity (Wildman–Crippen MR) is 86.4 cm³/mol. The average molecular weight is 334 g/mol. The van der Waals surface area contributed by atoms with Crippen molar-refractivity contribution >= 4 is 31.9 Å². The molecular weight excluding hydrogens is 320 g/mol. The van der Waals surface area contributed by atoms with E-state index >= 15 is 0 Å². The molecule has 0 atom stereocenters. The van der Waals surface area contributed by atoms with E-state index in [0.717, 1.165) is 0 Å². The van der Waals surface area contributed by atoms with Crippen molar-refractivity contribution in [2.45, 2.75) is 13.3 Å². The molecule has 0 aliphatic rings. The van der Waals surface area contributed by atoms with E-state index in [9.17, 15) is 18.3 Å². The summed E-state index contributed by atoms with van der Waals surface area (Å²) in [6, 6.07) is 8.90. The smallest absolute Gasteiger partial charge is 0.344 e. The van der Waals surface area contributed by atoms with Crippen LogP contribution in [-0.2, 0) is 10.1 Å². The molecule has 23 heavy (non-hydrogen) atoms. The van der Waals surface area contributed by atoms with E-state index in [4.69, 9.17) is 8.60 Å². The van der Waals surface area contributed by atoms with E-state index in [0.29, 0.717) is 17.2 Å². The molecule has 0 unspecified atom stereocenters. The monoisotopic (exact) mass is 334 g/mol. The first-order valence-electron chi connectivity index (χ1n) is 7.01. The highest BCUT2D eigenvalue weighted by Crippen LogP contribution is 2.28. The molecule has 1 N–H and O–H groups in total. The zero-order valence-electron chi connectivity index (χ0n) is 12.3. The Balaban J connectivity index is 2.16. The molecule has 120 valence electrons. The van der Waals surface area contributed by atoms with E-state index in [1.165, 1.54) is 24.3 Å². The van der Waals surface area contributed by atoms with E-state index in [-0.39, 0.29) is 28.2 Å². The van der Waals surface area contributed by atoms with Crippen LogP contribution in [0, 0.1) is 0 Å². The molecule has 0 bridgehead atoms. The van der Waals surface area contributed by atoms with Crippen LogP contribution in [0.25, 0.3) is 21.7 Å². The van der Waals surface area contributed by atoms with Crippen LogP contribution in [0.5, 0.6) is 11.5 Å². The van der Waals surface area contributed by atoms with Gasteiger partial charge in [0, 0.05) is 16.8 Å². The molecule has 0 radical (unpaired) electrons. The number of phenolic OH excluding ortho intramolecular Hbond substituents is 1. The fraction of sp³-hybridized carbons (Fsp3) is 0.188. The lowest BCUT2D eigenvalue weighted by molar-refractivity contribution is 0.475. The first-order valence-corrected chi connectivity index (χ1v) is 8.59. The molecule has 2 aromatic carbocycles. The van der Waals surface area contributed by atoms with Gasteiger partial charge in [0.25, 0.3) is 0 Å². The van der Waals surface area contributed by atoms with Gasteiger partial charge in [-0.15, -0.1) is 0 Å². The average Bonchev–Trinajstić information content (AvgIpc) is 2.47. The second-order valence-corrected chi connectivity index (χ2v) is 6.81. The van der Waals surface area contributed by atoms with E-state index < -0.39 is 15.7 Å². The maximum Gasteiger partial charge on any atom is 0.344 e. The molecule has 0 saturated heterocycles. The minimum Gasteiger partial charge on any atom is -0.508 e. The first-order chi connectivity index (χ1) is 10.9. The summed E-state index contributed by atoms with van der Waals surface area (Å²) in [5.41, 5.74) is -0.394. The van der Waals surface area contributed by atoms with Crippen LogP contribution >= 0.6 is 0 Å². The summed E-state index contributed by atoms with van der Waals surface area (Å²) in [6.45, 7) is 1.74. The second-order valence-electron chi connectivity index (χ2n) is 5.12. The van der Waals surface area contributed by atoms with Crippen LogP contribution in [0.2, 0.25) is 0 Å². The van der Waals surface area contributed by atoms with Gasteiger partial charge >= 0.3 is 15.7 Å². The fourth-order valence-corrected chi connectivity index (χ4v) is 3.37. The third-order valence-corrected chi connectivity index (χ3v) is 4.70. The maximum absolute atomic E-state index is 12.0.